The molecule has 0 radical (unpaired) electrons. The Morgan fingerprint density at radius 1 is 1.03 bits per heavy atom. The highest BCUT2D eigenvalue weighted by molar-refractivity contribution is 7.90. The van der Waals surface area contributed by atoms with E-state index >= 15 is 0 Å². The first-order valence-corrected chi connectivity index (χ1v) is 11.9. The first kappa shape index (κ1) is 20.8. The van der Waals surface area contributed by atoms with Crippen LogP contribution >= 0.6 is 11.6 Å². The first-order valence-electron chi connectivity index (χ1n) is 9.67. The highest BCUT2D eigenvalue weighted by atomic mass is 35.5. The number of sulfone groups is 1. The number of hydrogen-bond donors (Lipinski definition) is 0. The van der Waals surface area contributed by atoms with Gasteiger partial charge in [-0.2, -0.15) is 0 Å². The van der Waals surface area contributed by atoms with E-state index in [0.717, 1.165) is 38.0 Å². The summed E-state index contributed by atoms with van der Waals surface area (Å²) >= 11 is 5.80. The van der Waals surface area contributed by atoms with Crippen molar-refractivity contribution in [2.24, 2.45) is 0 Å². The van der Waals surface area contributed by atoms with Crippen LogP contribution in [-0.4, -0.2) is 72.2 Å². The number of anilines is 1. The second kappa shape index (κ2) is 8.35. The van der Waals surface area contributed by atoms with Gasteiger partial charge >= 0.3 is 0 Å². The van der Waals surface area contributed by atoms with Gasteiger partial charge in [-0.15, -0.1) is 0 Å². The number of rotatable bonds is 5. The van der Waals surface area contributed by atoms with E-state index in [1.54, 1.807) is 6.20 Å². The van der Waals surface area contributed by atoms with Gasteiger partial charge in [0.25, 0.3) is 5.91 Å². The molecule has 2 aromatic heterocycles. The van der Waals surface area contributed by atoms with Crippen LogP contribution in [0.15, 0.2) is 35.7 Å². The number of aromatic nitrogens is 3. The van der Waals surface area contributed by atoms with E-state index in [-0.39, 0.29) is 17.0 Å². The van der Waals surface area contributed by atoms with Crippen LogP contribution in [0.25, 0.3) is 0 Å². The number of halogens is 1. The molecule has 9 nitrogen and oxygen atoms in total. The van der Waals surface area contributed by atoms with Gasteiger partial charge in [0.2, 0.25) is 0 Å². The molecule has 4 heterocycles. The Balaban J connectivity index is 1.33. The summed E-state index contributed by atoms with van der Waals surface area (Å²) in [5.74, 6) is 1.14. The second-order valence-electron chi connectivity index (χ2n) is 7.45. The van der Waals surface area contributed by atoms with Crippen molar-refractivity contribution in [3.05, 3.63) is 35.9 Å². The standard InChI is InChI=1S/C19H22ClN5O4S/c1-30(27,28)18-3-2-14(10-23-18)29-15-6-9-25(19(15)26)13-4-7-24(8-5-13)17-12-21-16(20)11-22-17/h2-3,10-13,15H,4-9H2,1H3. The normalized spacial score (nSPS) is 20.6. The first-order chi connectivity index (χ1) is 14.3. The number of pyridine rings is 1. The molecule has 2 saturated heterocycles. The van der Waals surface area contributed by atoms with E-state index in [2.05, 4.69) is 19.9 Å². The fourth-order valence-electron chi connectivity index (χ4n) is 3.84. The molecule has 2 aliphatic heterocycles. The molecule has 0 aliphatic carbocycles. The van der Waals surface area contributed by atoms with Gasteiger partial charge in [-0.05, 0) is 25.0 Å². The number of hydrogen-bond acceptors (Lipinski definition) is 8. The Morgan fingerprint density at radius 2 is 1.80 bits per heavy atom. The molecule has 1 amide bonds. The molecule has 4 rings (SSSR count). The highest BCUT2D eigenvalue weighted by Gasteiger charge is 2.38. The van der Waals surface area contributed by atoms with Crippen molar-refractivity contribution >= 4 is 33.2 Å². The molecule has 0 saturated carbocycles. The smallest absolute Gasteiger partial charge is 0.263 e. The minimum Gasteiger partial charge on any atom is -0.479 e. The lowest BCUT2D eigenvalue weighted by atomic mass is 10.0. The Bertz CT molecular complexity index is 1010. The van der Waals surface area contributed by atoms with E-state index in [9.17, 15) is 13.2 Å². The Kier molecular flexibility index (Phi) is 5.79. The van der Waals surface area contributed by atoms with Gasteiger partial charge in [-0.1, -0.05) is 11.6 Å². The number of carbonyl (C=O) groups excluding carboxylic acids is 1. The monoisotopic (exact) mass is 451 g/mol. The molecule has 30 heavy (non-hydrogen) atoms. The molecular formula is C19H22ClN5O4S. The summed E-state index contributed by atoms with van der Waals surface area (Å²) in [6, 6.07) is 3.08. The molecule has 1 unspecified atom stereocenters. The van der Waals surface area contributed by atoms with Gasteiger partial charge in [-0.3, -0.25) is 4.79 Å². The average molecular weight is 452 g/mol. The van der Waals surface area contributed by atoms with Crippen LogP contribution in [0.4, 0.5) is 5.82 Å². The number of likely N-dealkylation sites (tertiary alicyclic amines) is 1. The lowest BCUT2D eigenvalue weighted by Crippen LogP contribution is -2.47. The quantitative estimate of drug-likeness (QED) is 0.674. The molecule has 2 aliphatic rings. The van der Waals surface area contributed by atoms with E-state index in [4.69, 9.17) is 16.3 Å². The predicted molar refractivity (Wildman–Crippen MR) is 110 cm³/mol. The highest BCUT2D eigenvalue weighted by Crippen LogP contribution is 2.27. The lowest BCUT2D eigenvalue weighted by molar-refractivity contribution is -0.135. The van der Waals surface area contributed by atoms with Gasteiger partial charge in [-0.25, -0.2) is 23.4 Å². The third-order valence-corrected chi connectivity index (χ3v) is 6.59. The fraction of sp³-hybridized carbons (Fsp3) is 0.474. The van der Waals surface area contributed by atoms with Crippen LogP contribution in [0.2, 0.25) is 5.15 Å². The van der Waals surface area contributed by atoms with Crippen molar-refractivity contribution in [1.82, 2.24) is 19.9 Å². The molecule has 160 valence electrons. The summed E-state index contributed by atoms with van der Waals surface area (Å²) in [7, 11) is -3.37. The predicted octanol–water partition coefficient (Wildman–Crippen LogP) is 1.58. The van der Waals surface area contributed by atoms with Gasteiger partial charge in [0, 0.05) is 38.4 Å². The van der Waals surface area contributed by atoms with Crippen LogP contribution < -0.4 is 9.64 Å². The summed E-state index contributed by atoms with van der Waals surface area (Å²) in [5, 5.41) is 0.342. The van der Waals surface area contributed by atoms with Crippen molar-refractivity contribution in [3.8, 4) is 5.75 Å². The van der Waals surface area contributed by atoms with Gasteiger partial charge in [0.05, 0.1) is 18.6 Å². The van der Waals surface area contributed by atoms with E-state index in [0.29, 0.717) is 23.9 Å². The number of nitrogens with zero attached hydrogens (tertiary/aromatic N) is 5. The van der Waals surface area contributed by atoms with Crippen molar-refractivity contribution in [1.29, 1.82) is 0 Å². The van der Waals surface area contributed by atoms with Crippen LogP contribution in [0.5, 0.6) is 5.75 Å². The molecule has 11 heteroatoms. The summed E-state index contributed by atoms with van der Waals surface area (Å²) < 4.78 is 28.8. The average Bonchev–Trinajstić information content (AvgIpc) is 3.09. The molecule has 0 bridgehead atoms. The zero-order valence-electron chi connectivity index (χ0n) is 16.4. The molecular weight excluding hydrogens is 430 g/mol. The van der Waals surface area contributed by atoms with E-state index in [1.165, 1.54) is 24.5 Å². The molecule has 2 aromatic rings. The summed E-state index contributed by atoms with van der Waals surface area (Å²) in [5.41, 5.74) is 0. The van der Waals surface area contributed by atoms with Crippen LogP contribution in [0.1, 0.15) is 19.3 Å². The number of ether oxygens (including phenoxy) is 1. The maximum atomic E-state index is 12.9. The topological polar surface area (TPSA) is 106 Å². The van der Waals surface area contributed by atoms with Crippen molar-refractivity contribution < 1.29 is 17.9 Å². The Labute approximate surface area is 180 Å². The maximum Gasteiger partial charge on any atom is 0.263 e. The third-order valence-electron chi connectivity index (χ3n) is 5.39. The van der Waals surface area contributed by atoms with E-state index in [1.807, 2.05) is 4.90 Å². The molecule has 1 atom stereocenters. The fourth-order valence-corrected chi connectivity index (χ4v) is 4.50. The molecule has 0 spiro atoms. The van der Waals surface area contributed by atoms with Crippen LogP contribution in [0, 0.1) is 0 Å². The largest absolute Gasteiger partial charge is 0.479 e. The Morgan fingerprint density at radius 3 is 2.40 bits per heavy atom. The zero-order chi connectivity index (χ0) is 21.3. The van der Waals surface area contributed by atoms with Crippen molar-refractivity contribution in [2.75, 3.05) is 30.8 Å². The SMILES string of the molecule is CS(=O)(=O)c1ccc(OC2CCN(C3CCN(c4cnc(Cl)cn4)CC3)C2=O)cn1. The minimum atomic E-state index is -3.37. The maximum absolute atomic E-state index is 12.9. The number of amides is 1. The number of piperidine rings is 1. The van der Waals surface area contributed by atoms with Crippen molar-refractivity contribution in [3.63, 3.8) is 0 Å². The summed E-state index contributed by atoms with van der Waals surface area (Å²) in [4.78, 5) is 29.2. The van der Waals surface area contributed by atoms with Gasteiger partial charge in [0.15, 0.2) is 21.0 Å². The summed E-state index contributed by atoms with van der Waals surface area (Å²) in [6.07, 6.45) is 7.34. The number of carbonyl (C=O) groups is 1. The van der Waals surface area contributed by atoms with Gasteiger partial charge in [0.1, 0.15) is 16.7 Å². The van der Waals surface area contributed by atoms with Gasteiger partial charge < -0.3 is 14.5 Å². The van der Waals surface area contributed by atoms with E-state index < -0.39 is 15.9 Å². The van der Waals surface area contributed by atoms with Crippen molar-refractivity contribution in [2.45, 2.75) is 36.4 Å². The molecule has 0 N–H and O–H groups in total. The Hall–Kier alpha value is -2.46. The molecule has 0 aromatic carbocycles. The summed E-state index contributed by atoms with van der Waals surface area (Å²) in [6.45, 7) is 2.21. The van der Waals surface area contributed by atoms with Crippen LogP contribution in [-0.2, 0) is 14.6 Å². The zero-order valence-corrected chi connectivity index (χ0v) is 18.0. The molecule has 2 fully saturated rings. The third kappa shape index (κ3) is 4.49. The second-order valence-corrected chi connectivity index (χ2v) is 9.80. The van der Waals surface area contributed by atoms with Crippen LogP contribution in [0.3, 0.4) is 0 Å². The minimum absolute atomic E-state index is 0.0219. The lowest BCUT2D eigenvalue weighted by Gasteiger charge is -2.37.